The Morgan fingerprint density at radius 3 is 1.21 bits per heavy atom. The molecule has 0 saturated carbocycles. The van der Waals surface area contributed by atoms with Crippen LogP contribution in [0.25, 0.3) is 126 Å². The van der Waals surface area contributed by atoms with E-state index >= 15 is 0 Å². The summed E-state index contributed by atoms with van der Waals surface area (Å²) in [6.45, 7) is 0. The topological polar surface area (TPSA) is 43.6 Å². The summed E-state index contributed by atoms with van der Waals surface area (Å²) in [5.41, 5.74) is 15.1. The predicted octanol–water partition coefficient (Wildman–Crippen LogP) is 17.0. The molecule has 5 heteroatoms. The number of benzene rings is 10. The van der Waals surface area contributed by atoms with Gasteiger partial charge in [-0.15, -0.1) is 11.3 Å². The Hall–Kier alpha value is -8.77. The molecule has 0 N–H and O–H groups in total. The number of hydrogen-bond donors (Lipinski definition) is 0. The average Bonchev–Trinajstić information content (AvgIpc) is 3.95. The van der Waals surface area contributed by atoms with E-state index in [1.54, 1.807) is 0 Å². The third-order valence-electron chi connectivity index (χ3n) is 13.1. The zero-order valence-electron chi connectivity index (χ0n) is 36.8. The summed E-state index contributed by atoms with van der Waals surface area (Å²) in [4.78, 5) is 15.9. The third kappa shape index (κ3) is 6.96. The molecule has 4 nitrogen and oxygen atoms in total. The molecule has 68 heavy (non-hydrogen) atoms. The van der Waals surface area contributed by atoms with Gasteiger partial charge in [-0.1, -0.05) is 206 Å². The summed E-state index contributed by atoms with van der Waals surface area (Å²) in [6.07, 6.45) is 0. The maximum Gasteiger partial charge on any atom is 0.164 e. The van der Waals surface area contributed by atoms with E-state index in [1.807, 2.05) is 23.5 Å². The van der Waals surface area contributed by atoms with Gasteiger partial charge in [0.1, 0.15) is 0 Å². The highest BCUT2D eigenvalue weighted by atomic mass is 32.1. The normalized spacial score (nSPS) is 11.5. The summed E-state index contributed by atoms with van der Waals surface area (Å²) in [7, 11) is 0. The summed E-state index contributed by atoms with van der Waals surface area (Å²) in [6, 6.07) is 86.5. The van der Waals surface area contributed by atoms with Crippen molar-refractivity contribution in [2.45, 2.75) is 0 Å². The highest BCUT2D eigenvalue weighted by Gasteiger charge is 2.24. The molecule has 0 amide bonds. The van der Waals surface area contributed by atoms with Gasteiger partial charge in [0.2, 0.25) is 0 Å². The Bertz CT molecular complexity index is 3810. The zero-order chi connectivity index (χ0) is 45.0. The third-order valence-corrected chi connectivity index (χ3v) is 14.2. The molecular weight excluding hydrogens is 845 g/mol. The van der Waals surface area contributed by atoms with Crippen LogP contribution in [0.4, 0.5) is 0 Å². The number of nitrogens with zero attached hydrogens (tertiary/aromatic N) is 4. The first-order chi connectivity index (χ1) is 33.7. The van der Waals surface area contributed by atoms with E-state index in [1.165, 1.54) is 30.9 Å². The minimum absolute atomic E-state index is 0.597. The minimum Gasteiger partial charge on any atom is -0.308 e. The SMILES string of the molecule is c1ccc(-c2ccc(-c3nc(-c4ccc(-c5ccccc5)cc4)nc(-c4cc(-c5ccccc5)c(-n5c6ccccc6c6cc7c(cc65)sc5ccccc57)c(-c5ccccc5)c4)n3)cc2)cc1. The monoisotopic (exact) mass is 884 g/mol. The predicted molar refractivity (Wildman–Crippen MR) is 285 cm³/mol. The van der Waals surface area contributed by atoms with Gasteiger partial charge in [0.05, 0.1) is 16.7 Å². The molecule has 0 aliphatic rings. The molecule has 0 aliphatic heterocycles. The van der Waals surface area contributed by atoms with Gasteiger partial charge in [-0.2, -0.15) is 0 Å². The van der Waals surface area contributed by atoms with Crippen LogP contribution >= 0.6 is 11.3 Å². The molecule has 318 valence electrons. The van der Waals surface area contributed by atoms with Crippen LogP contribution in [0, 0.1) is 0 Å². The van der Waals surface area contributed by atoms with Crippen LogP contribution in [0.2, 0.25) is 0 Å². The smallest absolute Gasteiger partial charge is 0.164 e. The molecule has 13 rings (SSSR count). The molecule has 0 spiro atoms. The van der Waals surface area contributed by atoms with E-state index in [9.17, 15) is 0 Å². The van der Waals surface area contributed by atoms with Crippen molar-refractivity contribution in [2.75, 3.05) is 0 Å². The lowest BCUT2D eigenvalue weighted by Crippen LogP contribution is -2.04. The first-order valence-electron chi connectivity index (χ1n) is 22.9. The van der Waals surface area contributed by atoms with Gasteiger partial charge >= 0.3 is 0 Å². The molecule has 0 bridgehead atoms. The fourth-order valence-corrected chi connectivity index (χ4v) is 10.9. The Labute approximate surface area is 397 Å². The summed E-state index contributed by atoms with van der Waals surface area (Å²) in [5.74, 6) is 1.82. The lowest BCUT2D eigenvalue weighted by atomic mass is 9.92. The average molecular weight is 885 g/mol. The Kier molecular flexibility index (Phi) is 9.66. The van der Waals surface area contributed by atoms with Crippen molar-refractivity contribution in [2.24, 2.45) is 0 Å². The van der Waals surface area contributed by atoms with E-state index in [2.05, 4.69) is 235 Å². The Morgan fingerprint density at radius 2 is 0.676 bits per heavy atom. The Balaban J connectivity index is 1.07. The van der Waals surface area contributed by atoms with Gasteiger partial charge < -0.3 is 4.57 Å². The molecule has 0 fully saturated rings. The first-order valence-corrected chi connectivity index (χ1v) is 23.7. The second-order valence-electron chi connectivity index (χ2n) is 17.2. The highest BCUT2D eigenvalue weighted by molar-refractivity contribution is 7.25. The molecule has 0 saturated heterocycles. The van der Waals surface area contributed by atoms with E-state index in [0.717, 1.165) is 77.9 Å². The summed E-state index contributed by atoms with van der Waals surface area (Å²) >= 11 is 1.85. The summed E-state index contributed by atoms with van der Waals surface area (Å²) < 4.78 is 5.05. The maximum absolute atomic E-state index is 5.36. The van der Waals surface area contributed by atoms with Crippen molar-refractivity contribution < 1.29 is 0 Å². The lowest BCUT2D eigenvalue weighted by molar-refractivity contribution is 1.07. The van der Waals surface area contributed by atoms with Crippen molar-refractivity contribution in [1.29, 1.82) is 0 Å². The van der Waals surface area contributed by atoms with E-state index in [4.69, 9.17) is 15.0 Å². The number of aromatic nitrogens is 4. The van der Waals surface area contributed by atoms with Crippen molar-refractivity contribution >= 4 is 53.3 Å². The van der Waals surface area contributed by atoms with Crippen LogP contribution in [0.1, 0.15) is 0 Å². The number of hydrogen-bond acceptors (Lipinski definition) is 4. The van der Waals surface area contributed by atoms with Crippen molar-refractivity contribution in [3.63, 3.8) is 0 Å². The van der Waals surface area contributed by atoms with Crippen LogP contribution in [0.15, 0.2) is 243 Å². The zero-order valence-corrected chi connectivity index (χ0v) is 37.6. The van der Waals surface area contributed by atoms with E-state index < -0.39 is 0 Å². The molecule has 10 aromatic carbocycles. The maximum atomic E-state index is 5.36. The second kappa shape index (κ2) is 16.6. The molecule has 0 aliphatic carbocycles. The van der Waals surface area contributed by atoms with E-state index in [0.29, 0.717) is 17.5 Å². The second-order valence-corrected chi connectivity index (χ2v) is 18.2. The molecular formula is C63H40N4S. The van der Waals surface area contributed by atoms with Gasteiger partial charge in [0, 0.05) is 58.8 Å². The van der Waals surface area contributed by atoms with Gasteiger partial charge in [-0.25, -0.2) is 15.0 Å². The van der Waals surface area contributed by atoms with Crippen molar-refractivity contribution in [3.05, 3.63) is 243 Å². The van der Waals surface area contributed by atoms with Gasteiger partial charge in [-0.05, 0) is 69.8 Å². The van der Waals surface area contributed by atoms with Crippen molar-refractivity contribution in [1.82, 2.24) is 19.5 Å². The van der Waals surface area contributed by atoms with Crippen LogP contribution < -0.4 is 0 Å². The first kappa shape index (κ1) is 39.6. The lowest BCUT2D eigenvalue weighted by Gasteiger charge is -2.21. The van der Waals surface area contributed by atoms with Gasteiger partial charge in [0.15, 0.2) is 17.5 Å². The van der Waals surface area contributed by atoms with Gasteiger partial charge in [-0.3, -0.25) is 0 Å². The van der Waals surface area contributed by atoms with Crippen LogP contribution in [-0.4, -0.2) is 19.5 Å². The van der Waals surface area contributed by atoms with Crippen molar-refractivity contribution in [3.8, 4) is 84.4 Å². The molecule has 0 radical (unpaired) electrons. The number of thiophene rings is 1. The Morgan fingerprint density at radius 1 is 0.265 bits per heavy atom. The summed E-state index contributed by atoms with van der Waals surface area (Å²) in [5, 5.41) is 5.02. The molecule has 0 atom stereocenters. The van der Waals surface area contributed by atoms with E-state index in [-0.39, 0.29) is 0 Å². The van der Waals surface area contributed by atoms with Crippen LogP contribution in [0.5, 0.6) is 0 Å². The number of rotatable bonds is 8. The van der Waals surface area contributed by atoms with Crippen LogP contribution in [0.3, 0.4) is 0 Å². The largest absolute Gasteiger partial charge is 0.308 e. The number of para-hydroxylation sites is 1. The molecule has 3 heterocycles. The molecule has 13 aromatic rings. The number of fused-ring (bicyclic) bond motifs is 6. The molecule has 0 unspecified atom stereocenters. The molecule has 3 aromatic heterocycles. The van der Waals surface area contributed by atoms with Gasteiger partial charge in [0.25, 0.3) is 0 Å². The fraction of sp³-hybridized carbons (Fsp3) is 0. The van der Waals surface area contributed by atoms with Crippen LogP contribution in [-0.2, 0) is 0 Å². The fourth-order valence-electron chi connectivity index (χ4n) is 9.76. The minimum atomic E-state index is 0.597. The standard InChI is InChI=1S/C63H40N4S/c1-5-17-41(18-6-1)43-29-33-47(34-30-43)61-64-62(48-35-31-44(32-36-48)42-19-7-2-8-20-42)66-63(65-61)49-37-52(45-21-9-3-10-22-45)60(53(38-49)46-23-11-4-12-24-46)67-56-27-15-13-25-50(56)54-39-55-51-26-14-16-28-58(51)68-59(55)40-57(54)67/h1-40H. The quantitative estimate of drug-likeness (QED) is 0.153. The highest BCUT2D eigenvalue weighted by Crippen LogP contribution is 2.46.